The van der Waals surface area contributed by atoms with Crippen LogP contribution in [0.15, 0.2) is 0 Å². The second-order valence-corrected chi connectivity index (χ2v) is 8.07. The third kappa shape index (κ3) is 5.03. The van der Waals surface area contributed by atoms with Gasteiger partial charge in [0.05, 0.1) is 25.7 Å². The Hall–Kier alpha value is -2.35. The van der Waals surface area contributed by atoms with Crippen LogP contribution in [0.2, 0.25) is 0 Å². The van der Waals surface area contributed by atoms with Crippen LogP contribution in [-0.4, -0.2) is 78.6 Å². The van der Waals surface area contributed by atoms with E-state index in [4.69, 9.17) is 9.47 Å². The minimum atomic E-state index is -0.365. The number of nitrogens with one attached hydrogen (secondary N) is 1. The molecule has 2 amide bonds. The third-order valence-corrected chi connectivity index (χ3v) is 6.11. The SMILES string of the molecule is CCOC(=O)c1[nH]c(C)c(CCC(=O)N2CCC[C@H](C(=O)N3CCOCC3)C2)c1C. The molecule has 2 aliphatic heterocycles. The first kappa shape index (κ1) is 22.3. The Morgan fingerprint density at radius 3 is 2.57 bits per heavy atom. The quantitative estimate of drug-likeness (QED) is 0.711. The number of rotatable bonds is 6. The van der Waals surface area contributed by atoms with E-state index in [1.54, 1.807) is 6.92 Å². The number of piperidine rings is 1. The van der Waals surface area contributed by atoms with E-state index in [0.29, 0.717) is 64.5 Å². The number of aryl methyl sites for hydroxylation is 1. The van der Waals surface area contributed by atoms with E-state index in [9.17, 15) is 14.4 Å². The fraction of sp³-hybridized carbons (Fsp3) is 0.682. The molecule has 1 N–H and O–H groups in total. The van der Waals surface area contributed by atoms with E-state index in [-0.39, 0.29) is 23.7 Å². The maximum atomic E-state index is 12.9. The lowest BCUT2D eigenvalue weighted by Gasteiger charge is -2.36. The largest absolute Gasteiger partial charge is 0.461 e. The normalized spacial score (nSPS) is 19.6. The van der Waals surface area contributed by atoms with Gasteiger partial charge in [0.25, 0.3) is 0 Å². The monoisotopic (exact) mass is 419 g/mol. The summed E-state index contributed by atoms with van der Waals surface area (Å²) < 4.78 is 10.4. The fourth-order valence-corrected chi connectivity index (χ4v) is 4.41. The number of amides is 2. The highest BCUT2D eigenvalue weighted by Crippen LogP contribution is 2.23. The number of carbonyl (C=O) groups is 3. The molecule has 2 saturated heterocycles. The van der Waals surface area contributed by atoms with Gasteiger partial charge >= 0.3 is 5.97 Å². The van der Waals surface area contributed by atoms with Gasteiger partial charge in [0, 0.05) is 38.3 Å². The van der Waals surface area contributed by atoms with Gasteiger partial charge in [-0.05, 0) is 51.2 Å². The number of morpholine rings is 1. The first-order chi connectivity index (χ1) is 14.4. The van der Waals surface area contributed by atoms with E-state index < -0.39 is 0 Å². The zero-order chi connectivity index (χ0) is 21.7. The maximum Gasteiger partial charge on any atom is 0.355 e. The van der Waals surface area contributed by atoms with Crippen molar-refractivity contribution in [1.82, 2.24) is 14.8 Å². The van der Waals surface area contributed by atoms with Gasteiger partial charge in [-0.1, -0.05) is 0 Å². The number of nitrogens with zero attached hydrogens (tertiary/aromatic N) is 2. The summed E-state index contributed by atoms with van der Waals surface area (Å²) in [5.41, 5.74) is 3.19. The summed E-state index contributed by atoms with van der Waals surface area (Å²) in [5.74, 6) is -0.275. The summed E-state index contributed by atoms with van der Waals surface area (Å²) in [5, 5.41) is 0. The number of esters is 1. The zero-order valence-electron chi connectivity index (χ0n) is 18.3. The van der Waals surface area contributed by atoms with Gasteiger partial charge < -0.3 is 24.3 Å². The van der Waals surface area contributed by atoms with E-state index in [0.717, 1.165) is 29.7 Å². The Kier molecular flexibility index (Phi) is 7.53. The minimum Gasteiger partial charge on any atom is -0.461 e. The highest BCUT2D eigenvalue weighted by atomic mass is 16.5. The molecule has 1 atom stereocenters. The molecule has 0 spiro atoms. The van der Waals surface area contributed by atoms with E-state index in [1.807, 2.05) is 23.6 Å². The molecule has 2 aliphatic rings. The van der Waals surface area contributed by atoms with Crippen LogP contribution < -0.4 is 0 Å². The zero-order valence-corrected chi connectivity index (χ0v) is 18.3. The van der Waals surface area contributed by atoms with Crippen molar-refractivity contribution in [1.29, 1.82) is 0 Å². The van der Waals surface area contributed by atoms with Crippen LogP contribution in [0.25, 0.3) is 0 Å². The summed E-state index contributed by atoms with van der Waals surface area (Å²) in [4.78, 5) is 44.5. The van der Waals surface area contributed by atoms with E-state index in [2.05, 4.69) is 4.98 Å². The lowest BCUT2D eigenvalue weighted by molar-refractivity contribution is -0.144. The van der Waals surface area contributed by atoms with Crippen LogP contribution in [0.1, 0.15) is 53.5 Å². The molecule has 8 heteroatoms. The van der Waals surface area contributed by atoms with Crippen LogP contribution in [0.4, 0.5) is 0 Å². The smallest absolute Gasteiger partial charge is 0.355 e. The van der Waals surface area contributed by atoms with Crippen molar-refractivity contribution in [2.24, 2.45) is 5.92 Å². The lowest BCUT2D eigenvalue weighted by atomic mass is 9.95. The number of H-pyrrole nitrogens is 1. The molecule has 1 aromatic rings. The number of ether oxygens (including phenoxy) is 2. The van der Waals surface area contributed by atoms with Crippen LogP contribution in [0.3, 0.4) is 0 Å². The summed E-state index contributed by atoms with van der Waals surface area (Å²) >= 11 is 0. The van der Waals surface area contributed by atoms with Crippen molar-refractivity contribution in [3.63, 3.8) is 0 Å². The van der Waals surface area contributed by atoms with Crippen molar-refractivity contribution < 1.29 is 23.9 Å². The fourth-order valence-electron chi connectivity index (χ4n) is 4.41. The first-order valence-electron chi connectivity index (χ1n) is 10.9. The molecule has 30 heavy (non-hydrogen) atoms. The van der Waals surface area contributed by atoms with Crippen molar-refractivity contribution in [2.75, 3.05) is 46.0 Å². The Morgan fingerprint density at radius 1 is 1.13 bits per heavy atom. The van der Waals surface area contributed by atoms with Gasteiger partial charge in [-0.2, -0.15) is 0 Å². The Bertz CT molecular complexity index is 782. The number of aromatic amines is 1. The van der Waals surface area contributed by atoms with Gasteiger partial charge in [-0.15, -0.1) is 0 Å². The van der Waals surface area contributed by atoms with Gasteiger partial charge in [0.2, 0.25) is 11.8 Å². The number of hydrogen-bond acceptors (Lipinski definition) is 5. The summed E-state index contributed by atoms with van der Waals surface area (Å²) in [6, 6.07) is 0. The molecule has 3 rings (SSSR count). The summed E-state index contributed by atoms with van der Waals surface area (Å²) in [6.45, 7) is 9.53. The van der Waals surface area contributed by atoms with E-state index >= 15 is 0 Å². The molecule has 0 radical (unpaired) electrons. The molecule has 1 aromatic heterocycles. The van der Waals surface area contributed by atoms with Crippen LogP contribution in [0.5, 0.6) is 0 Å². The predicted molar refractivity (Wildman–Crippen MR) is 111 cm³/mol. The Labute approximate surface area is 177 Å². The Morgan fingerprint density at radius 2 is 1.87 bits per heavy atom. The molecule has 0 bridgehead atoms. The highest BCUT2D eigenvalue weighted by Gasteiger charge is 2.32. The molecule has 0 unspecified atom stereocenters. The summed E-state index contributed by atoms with van der Waals surface area (Å²) in [6.07, 6.45) is 2.60. The molecule has 2 fully saturated rings. The predicted octanol–water partition coefficient (Wildman–Crippen LogP) is 1.84. The molecular formula is C22H33N3O5. The molecule has 0 aliphatic carbocycles. The van der Waals surface area contributed by atoms with Crippen LogP contribution >= 0.6 is 0 Å². The molecule has 3 heterocycles. The summed E-state index contributed by atoms with van der Waals surface area (Å²) in [7, 11) is 0. The van der Waals surface area contributed by atoms with Crippen molar-refractivity contribution >= 4 is 17.8 Å². The number of aromatic nitrogens is 1. The molecular weight excluding hydrogens is 386 g/mol. The molecule has 0 saturated carbocycles. The molecule has 0 aromatic carbocycles. The molecule has 166 valence electrons. The van der Waals surface area contributed by atoms with Crippen LogP contribution in [0, 0.1) is 19.8 Å². The second-order valence-electron chi connectivity index (χ2n) is 8.07. The van der Waals surface area contributed by atoms with Crippen molar-refractivity contribution in [2.45, 2.75) is 46.5 Å². The molecule has 8 nitrogen and oxygen atoms in total. The topological polar surface area (TPSA) is 91.9 Å². The van der Waals surface area contributed by atoms with Gasteiger partial charge in [-0.25, -0.2) is 4.79 Å². The minimum absolute atomic E-state index is 0.0622. The first-order valence-corrected chi connectivity index (χ1v) is 10.9. The standard InChI is InChI=1S/C22H33N3O5/c1-4-30-22(28)20-15(2)18(16(3)23-20)7-8-19(26)25-9-5-6-17(14-25)21(27)24-10-12-29-13-11-24/h17,23H,4-14H2,1-3H3/t17-/m0/s1. The van der Waals surface area contributed by atoms with E-state index in [1.165, 1.54) is 0 Å². The highest BCUT2D eigenvalue weighted by molar-refractivity contribution is 5.90. The second kappa shape index (κ2) is 10.1. The number of likely N-dealkylation sites (tertiary alicyclic amines) is 1. The van der Waals surface area contributed by atoms with Gasteiger partial charge in [0.1, 0.15) is 5.69 Å². The van der Waals surface area contributed by atoms with Crippen molar-refractivity contribution in [3.05, 3.63) is 22.5 Å². The number of carbonyl (C=O) groups excluding carboxylic acids is 3. The number of hydrogen-bond donors (Lipinski definition) is 1. The maximum absolute atomic E-state index is 12.9. The Balaban J connectivity index is 1.57. The average molecular weight is 420 g/mol. The lowest BCUT2D eigenvalue weighted by Crippen LogP contribution is -2.49. The van der Waals surface area contributed by atoms with Gasteiger partial charge in [0.15, 0.2) is 0 Å². The van der Waals surface area contributed by atoms with Gasteiger partial charge in [-0.3, -0.25) is 9.59 Å². The van der Waals surface area contributed by atoms with Crippen LogP contribution in [-0.2, 0) is 25.5 Å². The third-order valence-electron chi connectivity index (χ3n) is 6.11. The average Bonchev–Trinajstić information content (AvgIpc) is 3.05. The van der Waals surface area contributed by atoms with Crippen molar-refractivity contribution in [3.8, 4) is 0 Å².